The van der Waals surface area contributed by atoms with Crippen LogP contribution >= 0.6 is 0 Å². The van der Waals surface area contributed by atoms with E-state index in [0.29, 0.717) is 25.3 Å². The van der Waals surface area contributed by atoms with E-state index in [2.05, 4.69) is 5.10 Å². The molecule has 1 saturated heterocycles. The molecule has 4 rings (SSSR count). The number of carbonyl (C=O) groups excluding carboxylic acids is 2. The van der Waals surface area contributed by atoms with Crippen LogP contribution in [-0.4, -0.2) is 61.5 Å². The molecule has 2 heterocycles. The number of piperazine rings is 1. The van der Waals surface area contributed by atoms with Gasteiger partial charge in [0.05, 0.1) is 16.1 Å². The summed E-state index contributed by atoms with van der Waals surface area (Å²) in [7, 11) is 0. The van der Waals surface area contributed by atoms with E-state index >= 15 is 0 Å². The number of hydrogen-bond acceptors (Lipinski definition) is 5. The van der Waals surface area contributed by atoms with Crippen molar-refractivity contribution in [1.82, 2.24) is 19.6 Å². The largest absolute Gasteiger partial charge is 0.338 e. The first-order valence-electron chi connectivity index (χ1n) is 9.67. The summed E-state index contributed by atoms with van der Waals surface area (Å²) in [6.07, 6.45) is 3.55. The van der Waals surface area contributed by atoms with Gasteiger partial charge in [-0.25, -0.2) is 4.68 Å². The molecule has 1 aliphatic carbocycles. The van der Waals surface area contributed by atoms with Crippen molar-refractivity contribution in [1.29, 1.82) is 0 Å². The van der Waals surface area contributed by atoms with E-state index < -0.39 is 10.5 Å². The van der Waals surface area contributed by atoms with Crippen molar-refractivity contribution in [2.45, 2.75) is 32.2 Å². The highest BCUT2D eigenvalue weighted by atomic mass is 16.6. The summed E-state index contributed by atoms with van der Waals surface area (Å²) in [6, 6.07) is 7.70. The van der Waals surface area contributed by atoms with Crippen LogP contribution in [0, 0.1) is 16.0 Å². The van der Waals surface area contributed by atoms with Crippen LogP contribution in [-0.2, 0) is 4.79 Å². The number of benzene rings is 1. The quantitative estimate of drug-likeness (QED) is 0.582. The Balaban J connectivity index is 1.51. The average Bonchev–Trinajstić information content (AvgIpc) is 3.42. The van der Waals surface area contributed by atoms with Crippen LogP contribution in [0.2, 0.25) is 0 Å². The fourth-order valence-electron chi connectivity index (χ4n) is 3.78. The molecule has 9 nitrogen and oxygen atoms in total. The van der Waals surface area contributed by atoms with Crippen molar-refractivity contribution in [3.63, 3.8) is 0 Å². The Morgan fingerprint density at radius 1 is 1.21 bits per heavy atom. The maximum atomic E-state index is 13.1. The Morgan fingerprint density at radius 3 is 2.62 bits per heavy atom. The summed E-state index contributed by atoms with van der Waals surface area (Å²) in [5.41, 5.74) is 0.238. The molecule has 0 atom stereocenters. The molecule has 2 aliphatic rings. The van der Waals surface area contributed by atoms with Crippen LogP contribution in [0.5, 0.6) is 0 Å². The summed E-state index contributed by atoms with van der Waals surface area (Å²) in [5.74, 6) is 0.150. The van der Waals surface area contributed by atoms with Crippen LogP contribution in [0.1, 0.15) is 37.2 Å². The molecule has 29 heavy (non-hydrogen) atoms. The van der Waals surface area contributed by atoms with Crippen molar-refractivity contribution >= 4 is 17.5 Å². The Bertz CT molecular complexity index is 979. The second kappa shape index (κ2) is 6.98. The number of non-ortho nitro benzene ring substituents is 1. The van der Waals surface area contributed by atoms with Crippen LogP contribution < -0.4 is 0 Å². The van der Waals surface area contributed by atoms with E-state index in [1.165, 1.54) is 16.8 Å². The average molecular weight is 397 g/mol. The maximum Gasteiger partial charge on any atom is 0.274 e. The van der Waals surface area contributed by atoms with Gasteiger partial charge in [-0.05, 0) is 38.8 Å². The van der Waals surface area contributed by atoms with E-state index in [4.69, 9.17) is 0 Å². The number of nitro groups is 1. The first-order valence-corrected chi connectivity index (χ1v) is 9.67. The number of aromatic nitrogens is 2. The van der Waals surface area contributed by atoms with Gasteiger partial charge in [-0.1, -0.05) is 6.07 Å². The van der Waals surface area contributed by atoms with Crippen molar-refractivity contribution in [3.8, 4) is 5.69 Å². The first kappa shape index (κ1) is 19.1. The summed E-state index contributed by atoms with van der Waals surface area (Å²) in [4.78, 5) is 39.6. The molecule has 1 aromatic heterocycles. The molecule has 0 spiro atoms. The minimum atomic E-state index is -0.505. The summed E-state index contributed by atoms with van der Waals surface area (Å²) in [6.45, 7) is 5.38. The van der Waals surface area contributed by atoms with E-state index in [9.17, 15) is 19.7 Å². The number of nitrogens with zero attached hydrogens (tertiary/aromatic N) is 5. The smallest absolute Gasteiger partial charge is 0.274 e. The number of nitro benzene ring substituents is 1. The normalized spacial score (nSPS) is 18.6. The van der Waals surface area contributed by atoms with Gasteiger partial charge < -0.3 is 9.80 Å². The number of rotatable bonds is 4. The lowest BCUT2D eigenvalue weighted by atomic mass is 9.97. The molecule has 152 valence electrons. The fraction of sp³-hybridized carbons (Fsp3) is 0.450. The molecule has 1 aromatic carbocycles. The van der Waals surface area contributed by atoms with Gasteiger partial charge >= 0.3 is 0 Å². The first-order chi connectivity index (χ1) is 13.8. The van der Waals surface area contributed by atoms with Gasteiger partial charge in [-0.2, -0.15) is 5.10 Å². The van der Waals surface area contributed by atoms with E-state index in [1.807, 2.05) is 18.7 Å². The molecule has 0 radical (unpaired) electrons. The standard InChI is InChI=1S/C20H23N5O4/c1-20(2)13-22(18(26)14-6-7-14)10-11-23(20)19(27)17-8-9-24(21-17)15-4-3-5-16(12-15)25(28)29/h3-5,8-9,12,14H,6-7,10-11,13H2,1-2H3. The topological polar surface area (TPSA) is 102 Å². The van der Waals surface area contributed by atoms with Crippen LogP contribution in [0.15, 0.2) is 36.5 Å². The van der Waals surface area contributed by atoms with Crippen LogP contribution in [0.3, 0.4) is 0 Å². The van der Waals surface area contributed by atoms with Gasteiger partial charge in [0.1, 0.15) is 0 Å². The van der Waals surface area contributed by atoms with Gasteiger partial charge in [-0.3, -0.25) is 19.7 Å². The summed E-state index contributed by atoms with van der Waals surface area (Å²) >= 11 is 0. The van der Waals surface area contributed by atoms with E-state index in [-0.39, 0.29) is 29.1 Å². The third-order valence-electron chi connectivity index (χ3n) is 5.50. The van der Waals surface area contributed by atoms with Gasteiger partial charge in [0.25, 0.3) is 11.6 Å². The van der Waals surface area contributed by atoms with Gasteiger partial charge in [0.15, 0.2) is 5.69 Å². The molecule has 0 N–H and O–H groups in total. The molecule has 0 bridgehead atoms. The van der Waals surface area contributed by atoms with E-state index in [1.54, 1.807) is 29.3 Å². The molecule has 2 fully saturated rings. The lowest BCUT2D eigenvalue weighted by Crippen LogP contribution is -2.62. The van der Waals surface area contributed by atoms with Crippen molar-refractivity contribution < 1.29 is 14.5 Å². The highest BCUT2D eigenvalue weighted by Crippen LogP contribution is 2.33. The molecule has 1 aliphatic heterocycles. The molecular weight excluding hydrogens is 374 g/mol. The molecule has 2 aromatic rings. The second-order valence-electron chi connectivity index (χ2n) is 8.23. The van der Waals surface area contributed by atoms with Crippen molar-refractivity contribution in [2.75, 3.05) is 19.6 Å². The zero-order chi connectivity index (χ0) is 20.8. The number of carbonyl (C=O) groups is 2. The van der Waals surface area contributed by atoms with Crippen LogP contribution in [0.25, 0.3) is 5.69 Å². The zero-order valence-corrected chi connectivity index (χ0v) is 16.4. The lowest BCUT2D eigenvalue weighted by Gasteiger charge is -2.47. The maximum absolute atomic E-state index is 13.1. The number of amides is 2. The molecule has 0 unspecified atom stereocenters. The summed E-state index contributed by atoms with van der Waals surface area (Å²) in [5, 5.41) is 15.3. The molecule has 9 heteroatoms. The minimum Gasteiger partial charge on any atom is -0.338 e. The molecule has 2 amide bonds. The molecule has 1 saturated carbocycles. The zero-order valence-electron chi connectivity index (χ0n) is 16.4. The second-order valence-corrected chi connectivity index (χ2v) is 8.23. The Kier molecular flexibility index (Phi) is 4.60. The Morgan fingerprint density at radius 2 is 1.97 bits per heavy atom. The van der Waals surface area contributed by atoms with Crippen LogP contribution in [0.4, 0.5) is 5.69 Å². The Labute approximate surface area is 168 Å². The third kappa shape index (κ3) is 3.72. The van der Waals surface area contributed by atoms with Gasteiger partial charge in [0.2, 0.25) is 5.91 Å². The highest BCUT2D eigenvalue weighted by Gasteiger charge is 2.42. The fourth-order valence-corrected chi connectivity index (χ4v) is 3.78. The molecular formula is C20H23N5O4. The highest BCUT2D eigenvalue weighted by molar-refractivity contribution is 5.93. The lowest BCUT2D eigenvalue weighted by molar-refractivity contribution is -0.384. The predicted octanol–water partition coefficient (Wildman–Crippen LogP) is 2.25. The van der Waals surface area contributed by atoms with Gasteiger partial charge in [-0.15, -0.1) is 0 Å². The number of hydrogen-bond donors (Lipinski definition) is 0. The van der Waals surface area contributed by atoms with E-state index in [0.717, 1.165) is 12.8 Å². The SMILES string of the molecule is CC1(C)CN(C(=O)C2CC2)CCN1C(=O)c1ccn(-c2cccc([N+](=O)[O-])c2)n1. The van der Waals surface area contributed by atoms with Crippen molar-refractivity contribution in [2.24, 2.45) is 5.92 Å². The van der Waals surface area contributed by atoms with Gasteiger partial charge in [0, 0.05) is 43.9 Å². The third-order valence-corrected chi connectivity index (χ3v) is 5.50. The monoisotopic (exact) mass is 397 g/mol. The predicted molar refractivity (Wildman–Crippen MR) is 105 cm³/mol. The summed E-state index contributed by atoms with van der Waals surface area (Å²) < 4.78 is 1.46. The Hall–Kier alpha value is -3.23. The minimum absolute atomic E-state index is 0.0385. The van der Waals surface area contributed by atoms with Crippen molar-refractivity contribution in [3.05, 3.63) is 52.3 Å².